The molecule has 0 heterocycles. The standard InChI is InChI=1S/C10H19NO2.ClH/c1-3-9(10(12)13-2)11-8-6-4-5-7-8;/h8-9,11H,3-7H2,1-2H3;1H. The molecule has 0 radical (unpaired) electrons. The van der Waals surface area contributed by atoms with Gasteiger partial charge in [-0.2, -0.15) is 0 Å². The second kappa shape index (κ2) is 7.07. The number of esters is 1. The minimum atomic E-state index is -0.130. The third-order valence-corrected chi connectivity index (χ3v) is 2.69. The minimum absolute atomic E-state index is 0. The Labute approximate surface area is 92.0 Å². The number of carbonyl (C=O) groups excluding carboxylic acids is 1. The van der Waals surface area contributed by atoms with Gasteiger partial charge in [-0.25, -0.2) is 0 Å². The van der Waals surface area contributed by atoms with Crippen molar-refractivity contribution >= 4 is 18.4 Å². The fourth-order valence-corrected chi connectivity index (χ4v) is 1.87. The van der Waals surface area contributed by atoms with E-state index in [1.807, 2.05) is 6.92 Å². The molecule has 84 valence electrons. The SMILES string of the molecule is CCC(NC1CCCC1)C(=O)OC.Cl. The molecule has 1 unspecified atom stereocenters. The summed E-state index contributed by atoms with van der Waals surface area (Å²) in [5.74, 6) is -0.130. The highest BCUT2D eigenvalue weighted by Crippen LogP contribution is 2.18. The topological polar surface area (TPSA) is 38.3 Å². The lowest BCUT2D eigenvalue weighted by Crippen LogP contribution is -2.42. The monoisotopic (exact) mass is 221 g/mol. The van der Waals surface area contributed by atoms with Crippen LogP contribution in [0.25, 0.3) is 0 Å². The van der Waals surface area contributed by atoms with Crippen LogP contribution in [0, 0.1) is 0 Å². The van der Waals surface area contributed by atoms with Gasteiger partial charge in [-0.3, -0.25) is 4.79 Å². The molecule has 1 fully saturated rings. The first kappa shape index (κ1) is 13.7. The van der Waals surface area contributed by atoms with Gasteiger partial charge in [0.15, 0.2) is 0 Å². The molecule has 0 aromatic rings. The van der Waals surface area contributed by atoms with E-state index in [1.54, 1.807) is 0 Å². The Morgan fingerprint density at radius 1 is 1.50 bits per heavy atom. The van der Waals surface area contributed by atoms with Crippen LogP contribution in [-0.4, -0.2) is 25.2 Å². The second-order valence-electron chi connectivity index (χ2n) is 3.63. The third-order valence-electron chi connectivity index (χ3n) is 2.69. The average molecular weight is 222 g/mol. The van der Waals surface area contributed by atoms with E-state index in [4.69, 9.17) is 4.74 Å². The molecule has 0 bridgehead atoms. The number of halogens is 1. The summed E-state index contributed by atoms with van der Waals surface area (Å²) < 4.78 is 4.71. The average Bonchev–Trinajstić information content (AvgIpc) is 2.65. The van der Waals surface area contributed by atoms with Crippen molar-refractivity contribution in [1.29, 1.82) is 0 Å². The van der Waals surface area contributed by atoms with Crippen molar-refractivity contribution in [2.45, 2.75) is 51.1 Å². The van der Waals surface area contributed by atoms with E-state index < -0.39 is 0 Å². The van der Waals surface area contributed by atoms with Crippen molar-refractivity contribution in [3.63, 3.8) is 0 Å². The van der Waals surface area contributed by atoms with Gasteiger partial charge in [-0.05, 0) is 19.3 Å². The Bertz CT molecular complexity index is 170. The van der Waals surface area contributed by atoms with Crippen molar-refractivity contribution < 1.29 is 9.53 Å². The molecule has 1 N–H and O–H groups in total. The zero-order chi connectivity index (χ0) is 9.68. The number of methoxy groups -OCH3 is 1. The molecule has 0 spiro atoms. The summed E-state index contributed by atoms with van der Waals surface area (Å²) in [6.07, 6.45) is 5.79. The fourth-order valence-electron chi connectivity index (χ4n) is 1.87. The van der Waals surface area contributed by atoms with E-state index in [0.717, 1.165) is 6.42 Å². The van der Waals surface area contributed by atoms with Gasteiger partial charge in [-0.15, -0.1) is 12.4 Å². The van der Waals surface area contributed by atoms with Gasteiger partial charge < -0.3 is 10.1 Å². The molecule has 0 aromatic heterocycles. The van der Waals surface area contributed by atoms with Crippen molar-refractivity contribution in [1.82, 2.24) is 5.32 Å². The smallest absolute Gasteiger partial charge is 0.322 e. The number of hydrogen-bond acceptors (Lipinski definition) is 3. The van der Waals surface area contributed by atoms with E-state index in [1.165, 1.54) is 32.8 Å². The van der Waals surface area contributed by atoms with Gasteiger partial charge in [0.25, 0.3) is 0 Å². The minimum Gasteiger partial charge on any atom is -0.468 e. The van der Waals surface area contributed by atoms with Crippen molar-refractivity contribution in [2.24, 2.45) is 0 Å². The summed E-state index contributed by atoms with van der Waals surface area (Å²) >= 11 is 0. The van der Waals surface area contributed by atoms with Crippen molar-refractivity contribution in [2.75, 3.05) is 7.11 Å². The molecule has 0 aromatic carbocycles. The Morgan fingerprint density at radius 3 is 2.50 bits per heavy atom. The van der Waals surface area contributed by atoms with Crippen LogP contribution in [0.1, 0.15) is 39.0 Å². The normalized spacial score (nSPS) is 18.7. The molecule has 4 heteroatoms. The number of hydrogen-bond donors (Lipinski definition) is 1. The first-order valence-electron chi connectivity index (χ1n) is 5.11. The number of ether oxygens (including phenoxy) is 1. The predicted octanol–water partition coefficient (Wildman–Crippen LogP) is 1.89. The summed E-state index contributed by atoms with van der Waals surface area (Å²) in [5.41, 5.74) is 0. The number of carbonyl (C=O) groups is 1. The summed E-state index contributed by atoms with van der Waals surface area (Å²) in [6.45, 7) is 2.00. The Balaban J connectivity index is 0.00000169. The van der Waals surface area contributed by atoms with Crippen molar-refractivity contribution in [3.8, 4) is 0 Å². The molecule has 1 atom stereocenters. The highest BCUT2D eigenvalue weighted by Gasteiger charge is 2.22. The van der Waals surface area contributed by atoms with Gasteiger partial charge in [0, 0.05) is 6.04 Å². The second-order valence-corrected chi connectivity index (χ2v) is 3.63. The van der Waals surface area contributed by atoms with Crippen LogP contribution in [0.4, 0.5) is 0 Å². The van der Waals surface area contributed by atoms with Gasteiger partial charge in [0.2, 0.25) is 0 Å². The molecular weight excluding hydrogens is 202 g/mol. The molecule has 1 aliphatic rings. The highest BCUT2D eigenvalue weighted by atomic mass is 35.5. The van der Waals surface area contributed by atoms with Gasteiger partial charge in [0.1, 0.15) is 6.04 Å². The molecule has 1 aliphatic carbocycles. The Kier molecular flexibility index (Phi) is 6.93. The predicted molar refractivity (Wildman–Crippen MR) is 58.7 cm³/mol. The quantitative estimate of drug-likeness (QED) is 0.737. The lowest BCUT2D eigenvalue weighted by atomic mass is 10.1. The van der Waals surface area contributed by atoms with E-state index in [2.05, 4.69) is 5.32 Å². The lowest BCUT2D eigenvalue weighted by Gasteiger charge is -2.19. The highest BCUT2D eigenvalue weighted by molar-refractivity contribution is 5.85. The summed E-state index contributed by atoms with van der Waals surface area (Å²) in [6, 6.07) is 0.428. The van der Waals surface area contributed by atoms with Crippen LogP contribution in [-0.2, 0) is 9.53 Å². The molecule has 0 saturated heterocycles. The zero-order valence-electron chi connectivity index (χ0n) is 8.91. The van der Waals surface area contributed by atoms with Crippen LogP contribution < -0.4 is 5.32 Å². The number of rotatable bonds is 4. The van der Waals surface area contributed by atoms with E-state index in [-0.39, 0.29) is 24.4 Å². The van der Waals surface area contributed by atoms with E-state index >= 15 is 0 Å². The summed E-state index contributed by atoms with van der Waals surface area (Å²) in [5, 5.41) is 3.34. The van der Waals surface area contributed by atoms with Crippen LogP contribution in [0.15, 0.2) is 0 Å². The first-order chi connectivity index (χ1) is 6.27. The van der Waals surface area contributed by atoms with Gasteiger partial charge >= 0.3 is 5.97 Å². The Morgan fingerprint density at radius 2 is 2.07 bits per heavy atom. The third kappa shape index (κ3) is 3.84. The van der Waals surface area contributed by atoms with Gasteiger partial charge in [-0.1, -0.05) is 19.8 Å². The van der Waals surface area contributed by atoms with Crippen LogP contribution >= 0.6 is 12.4 Å². The number of nitrogens with one attached hydrogen (secondary N) is 1. The first-order valence-corrected chi connectivity index (χ1v) is 5.11. The molecule has 0 aliphatic heterocycles. The maximum atomic E-state index is 11.2. The fraction of sp³-hybridized carbons (Fsp3) is 0.900. The summed E-state index contributed by atoms with van der Waals surface area (Å²) in [7, 11) is 1.45. The van der Waals surface area contributed by atoms with E-state index in [0.29, 0.717) is 6.04 Å². The molecule has 1 saturated carbocycles. The summed E-state index contributed by atoms with van der Waals surface area (Å²) in [4.78, 5) is 11.2. The van der Waals surface area contributed by atoms with Crippen LogP contribution in [0.3, 0.4) is 0 Å². The van der Waals surface area contributed by atoms with Crippen LogP contribution in [0.5, 0.6) is 0 Å². The molecule has 14 heavy (non-hydrogen) atoms. The molecule has 1 rings (SSSR count). The maximum absolute atomic E-state index is 11.2. The Hall–Kier alpha value is -0.280. The van der Waals surface area contributed by atoms with Gasteiger partial charge in [0.05, 0.1) is 7.11 Å². The molecule has 3 nitrogen and oxygen atoms in total. The van der Waals surface area contributed by atoms with Crippen molar-refractivity contribution in [3.05, 3.63) is 0 Å². The molecule has 0 amide bonds. The van der Waals surface area contributed by atoms with E-state index in [9.17, 15) is 4.79 Å². The molecular formula is C10H20ClNO2. The van der Waals surface area contributed by atoms with Crippen LogP contribution in [0.2, 0.25) is 0 Å². The largest absolute Gasteiger partial charge is 0.468 e. The maximum Gasteiger partial charge on any atom is 0.322 e. The lowest BCUT2D eigenvalue weighted by molar-refractivity contribution is -0.143. The zero-order valence-corrected chi connectivity index (χ0v) is 9.73.